The second kappa shape index (κ2) is 15.2. The van der Waals surface area contributed by atoms with E-state index in [4.69, 9.17) is 11.6 Å². The average molecular weight is 620 g/mol. The van der Waals surface area contributed by atoms with Gasteiger partial charge in [-0.3, -0.25) is 14.5 Å². The van der Waals surface area contributed by atoms with Crippen LogP contribution in [0, 0.1) is 5.92 Å². The molecule has 2 aromatic carbocycles. The number of piperazine rings is 1. The Labute approximate surface area is 268 Å². The molecular formula is C36H50ClN5O2. The number of amides is 2. The SMILES string of the molecule is O=C(N[C@H](Cc1ccc(Cl)cc1)C(=O)N1CCN(C(CCN2CCCC2)C2CCCCC2)CC1)[C@H]1Cc2ccccc2CN1. The van der Waals surface area contributed by atoms with Gasteiger partial charge in [-0.25, -0.2) is 0 Å². The Balaban J connectivity index is 1.10. The zero-order chi connectivity index (χ0) is 30.3. The summed E-state index contributed by atoms with van der Waals surface area (Å²) in [5.74, 6) is 0.693. The van der Waals surface area contributed by atoms with Crippen LogP contribution in [0.25, 0.3) is 0 Å². The predicted molar refractivity (Wildman–Crippen MR) is 177 cm³/mol. The largest absolute Gasteiger partial charge is 0.343 e. The second-order valence-corrected chi connectivity index (χ2v) is 13.9. The molecule has 238 valence electrons. The van der Waals surface area contributed by atoms with Crippen LogP contribution in [0.3, 0.4) is 0 Å². The van der Waals surface area contributed by atoms with E-state index in [1.54, 1.807) is 0 Å². The molecule has 2 saturated heterocycles. The molecule has 44 heavy (non-hydrogen) atoms. The Morgan fingerprint density at radius 3 is 2.30 bits per heavy atom. The fraction of sp³-hybridized carbons (Fsp3) is 0.611. The summed E-state index contributed by atoms with van der Waals surface area (Å²) in [6.07, 6.45) is 11.8. The van der Waals surface area contributed by atoms with Crippen molar-refractivity contribution in [1.29, 1.82) is 0 Å². The zero-order valence-corrected chi connectivity index (χ0v) is 26.9. The summed E-state index contributed by atoms with van der Waals surface area (Å²) in [6, 6.07) is 15.5. The van der Waals surface area contributed by atoms with Crippen molar-refractivity contribution < 1.29 is 9.59 Å². The smallest absolute Gasteiger partial charge is 0.245 e. The third-order valence-electron chi connectivity index (χ3n) is 10.6. The number of halogens is 1. The van der Waals surface area contributed by atoms with E-state index in [0.717, 1.165) is 24.6 Å². The van der Waals surface area contributed by atoms with Gasteiger partial charge in [0, 0.05) is 50.2 Å². The van der Waals surface area contributed by atoms with Crippen molar-refractivity contribution in [2.45, 2.75) is 88.9 Å². The third-order valence-corrected chi connectivity index (χ3v) is 10.8. The number of nitrogens with zero attached hydrogens (tertiary/aromatic N) is 3. The van der Waals surface area contributed by atoms with Gasteiger partial charge < -0.3 is 20.4 Å². The van der Waals surface area contributed by atoms with Crippen LogP contribution in [-0.2, 0) is 29.0 Å². The number of rotatable bonds is 10. The van der Waals surface area contributed by atoms with Crippen LogP contribution >= 0.6 is 11.6 Å². The Morgan fingerprint density at radius 1 is 0.864 bits per heavy atom. The van der Waals surface area contributed by atoms with E-state index < -0.39 is 6.04 Å². The van der Waals surface area contributed by atoms with Crippen LogP contribution in [0.2, 0.25) is 5.02 Å². The molecule has 1 saturated carbocycles. The minimum absolute atomic E-state index is 0.0236. The molecule has 2 amide bonds. The minimum Gasteiger partial charge on any atom is -0.343 e. The Bertz CT molecular complexity index is 1240. The Hall–Kier alpha value is -2.45. The minimum atomic E-state index is -0.612. The van der Waals surface area contributed by atoms with Gasteiger partial charge in [-0.2, -0.15) is 0 Å². The fourth-order valence-corrected chi connectivity index (χ4v) is 8.15. The van der Waals surface area contributed by atoms with E-state index in [9.17, 15) is 9.59 Å². The van der Waals surface area contributed by atoms with E-state index >= 15 is 0 Å². The van der Waals surface area contributed by atoms with Crippen molar-refractivity contribution >= 4 is 23.4 Å². The van der Waals surface area contributed by atoms with E-state index in [0.29, 0.717) is 43.5 Å². The molecule has 3 atom stereocenters. The molecule has 0 bridgehead atoms. The summed E-state index contributed by atoms with van der Waals surface area (Å²) >= 11 is 6.15. The second-order valence-electron chi connectivity index (χ2n) is 13.5. The summed E-state index contributed by atoms with van der Waals surface area (Å²) in [5.41, 5.74) is 3.42. The molecule has 1 aliphatic carbocycles. The van der Waals surface area contributed by atoms with Crippen LogP contribution in [0.5, 0.6) is 0 Å². The highest BCUT2D eigenvalue weighted by Crippen LogP contribution is 2.32. The molecule has 2 N–H and O–H groups in total. The average Bonchev–Trinajstić information content (AvgIpc) is 3.59. The Morgan fingerprint density at radius 2 is 1.57 bits per heavy atom. The summed E-state index contributed by atoms with van der Waals surface area (Å²) in [4.78, 5) is 35.0. The number of hydrogen-bond donors (Lipinski definition) is 2. The number of benzene rings is 2. The predicted octanol–water partition coefficient (Wildman–Crippen LogP) is 4.66. The van der Waals surface area contributed by atoms with Gasteiger partial charge in [0.1, 0.15) is 6.04 Å². The number of fused-ring (bicyclic) bond motifs is 1. The molecule has 0 radical (unpaired) electrons. The quantitative estimate of drug-likeness (QED) is 0.405. The highest BCUT2D eigenvalue weighted by atomic mass is 35.5. The van der Waals surface area contributed by atoms with Gasteiger partial charge in [0.25, 0.3) is 0 Å². The first kappa shape index (κ1) is 31.5. The summed E-state index contributed by atoms with van der Waals surface area (Å²) in [5, 5.41) is 7.22. The molecule has 0 spiro atoms. The summed E-state index contributed by atoms with van der Waals surface area (Å²) in [6.45, 7) is 7.63. The zero-order valence-electron chi connectivity index (χ0n) is 26.2. The third kappa shape index (κ3) is 8.03. The van der Waals surface area contributed by atoms with Gasteiger partial charge >= 0.3 is 0 Å². The molecule has 7 nitrogen and oxygen atoms in total. The Kier molecular flexibility index (Phi) is 10.9. The molecule has 3 aliphatic heterocycles. The molecular weight excluding hydrogens is 570 g/mol. The highest BCUT2D eigenvalue weighted by Gasteiger charge is 2.35. The maximum Gasteiger partial charge on any atom is 0.245 e. The first-order valence-electron chi connectivity index (χ1n) is 17.1. The van der Waals surface area contributed by atoms with Gasteiger partial charge in [0.05, 0.1) is 6.04 Å². The maximum absolute atomic E-state index is 14.1. The lowest BCUT2D eigenvalue weighted by Crippen LogP contribution is -2.59. The van der Waals surface area contributed by atoms with Crippen LogP contribution in [0.4, 0.5) is 0 Å². The highest BCUT2D eigenvalue weighted by molar-refractivity contribution is 6.30. The monoisotopic (exact) mass is 619 g/mol. The number of carbonyl (C=O) groups is 2. The van der Waals surface area contributed by atoms with Crippen LogP contribution in [0.1, 0.15) is 68.1 Å². The fourth-order valence-electron chi connectivity index (χ4n) is 8.02. The maximum atomic E-state index is 14.1. The molecule has 8 heteroatoms. The van der Waals surface area contributed by atoms with E-state index in [2.05, 4.69) is 32.6 Å². The van der Waals surface area contributed by atoms with Crippen molar-refractivity contribution in [2.75, 3.05) is 45.8 Å². The van der Waals surface area contributed by atoms with E-state index in [-0.39, 0.29) is 17.9 Å². The van der Waals surface area contributed by atoms with Crippen LogP contribution < -0.4 is 10.6 Å². The van der Waals surface area contributed by atoms with Crippen LogP contribution in [0.15, 0.2) is 48.5 Å². The van der Waals surface area contributed by atoms with Crippen molar-refractivity contribution in [3.05, 3.63) is 70.2 Å². The van der Waals surface area contributed by atoms with Crippen molar-refractivity contribution in [2.24, 2.45) is 5.92 Å². The molecule has 4 aliphatic rings. The standard InChI is InChI=1S/C36H50ClN5O2/c37-31-14-12-27(13-15-31)24-33(39-35(43)32-25-29-10-4-5-11-30(29)26-38-32)36(44)42-22-20-41(21-23-42)34(28-8-2-1-3-9-28)16-19-40-17-6-7-18-40/h4-5,10-15,28,32-34,38H,1-3,6-9,16-26H2,(H,39,43)/t32-,33-,34?/m1/s1. The number of hydrogen-bond acceptors (Lipinski definition) is 5. The van der Waals surface area contributed by atoms with E-state index in [1.807, 2.05) is 41.3 Å². The van der Waals surface area contributed by atoms with E-state index in [1.165, 1.54) is 82.1 Å². The van der Waals surface area contributed by atoms with Gasteiger partial charge in [-0.15, -0.1) is 0 Å². The topological polar surface area (TPSA) is 67.9 Å². The van der Waals surface area contributed by atoms with Crippen LogP contribution in [-0.4, -0.2) is 90.5 Å². The number of nitrogens with one attached hydrogen (secondary N) is 2. The van der Waals surface area contributed by atoms with Crippen molar-refractivity contribution in [3.63, 3.8) is 0 Å². The van der Waals surface area contributed by atoms with Gasteiger partial charge in [-0.1, -0.05) is 67.3 Å². The molecule has 2 aromatic rings. The van der Waals surface area contributed by atoms with Crippen molar-refractivity contribution in [3.8, 4) is 0 Å². The summed E-state index contributed by atoms with van der Waals surface area (Å²) < 4.78 is 0. The lowest BCUT2D eigenvalue weighted by molar-refractivity contribution is -0.138. The van der Waals surface area contributed by atoms with Gasteiger partial charge in [0.15, 0.2) is 0 Å². The molecule has 6 rings (SSSR count). The molecule has 3 heterocycles. The lowest BCUT2D eigenvalue weighted by Gasteiger charge is -2.44. The lowest BCUT2D eigenvalue weighted by atomic mass is 9.81. The first-order valence-corrected chi connectivity index (χ1v) is 17.5. The van der Waals surface area contributed by atoms with Gasteiger partial charge in [0.2, 0.25) is 11.8 Å². The molecule has 3 fully saturated rings. The van der Waals surface area contributed by atoms with Gasteiger partial charge in [-0.05, 0) is 92.9 Å². The normalized spacial score (nSPS) is 23.2. The van der Waals surface area contributed by atoms with Crippen molar-refractivity contribution in [1.82, 2.24) is 25.3 Å². The molecule has 0 aromatic heterocycles. The number of likely N-dealkylation sites (tertiary alicyclic amines) is 1. The number of carbonyl (C=O) groups excluding carboxylic acids is 2. The molecule has 1 unspecified atom stereocenters. The first-order chi connectivity index (χ1) is 21.5. The summed E-state index contributed by atoms with van der Waals surface area (Å²) in [7, 11) is 0.